The average Bonchev–Trinajstić information content (AvgIpc) is 2.18. The first-order valence-electron chi connectivity index (χ1n) is 3.29. The van der Waals surface area contributed by atoms with E-state index in [0.29, 0.717) is 0 Å². The number of likely N-dealkylation sites (N-methyl/N-ethyl adjacent to an activating group) is 1. The first kappa shape index (κ1) is 8.23. The molecule has 3 nitrogen and oxygen atoms in total. The number of hydrogen-bond acceptors (Lipinski definition) is 2. The summed E-state index contributed by atoms with van der Waals surface area (Å²) in [5.41, 5.74) is 0. The van der Waals surface area contributed by atoms with Gasteiger partial charge < -0.3 is 9.64 Å². The fraction of sp³-hybridized carbons (Fsp3) is 0.833. The highest BCUT2D eigenvalue weighted by Crippen LogP contribution is 2.16. The Labute approximate surface area is 62.9 Å². The van der Waals surface area contributed by atoms with E-state index in [4.69, 9.17) is 0 Å². The molecule has 1 atom stereocenters. The van der Waals surface area contributed by atoms with Gasteiger partial charge in [-0.3, -0.25) is 0 Å². The van der Waals surface area contributed by atoms with Crippen molar-refractivity contribution in [3.8, 4) is 0 Å². The molecule has 1 heterocycles. The number of alkyl halides is 2. The minimum atomic E-state index is -2.38. The van der Waals surface area contributed by atoms with Crippen molar-refractivity contribution < 1.29 is 18.3 Å². The van der Waals surface area contributed by atoms with Crippen LogP contribution in [0.1, 0.15) is 6.42 Å². The Hall–Kier alpha value is -0.870. The maximum Gasteiger partial charge on any atom is 0.409 e. The van der Waals surface area contributed by atoms with Gasteiger partial charge in [0.25, 0.3) is 0 Å². The van der Waals surface area contributed by atoms with Crippen LogP contribution in [0, 0.1) is 0 Å². The lowest BCUT2D eigenvalue weighted by molar-refractivity contribution is 0.108. The standard InChI is InChI=1S/C6H9F2NO2/c1-9-4(2-5(7)8)3-11-6(9)10/h4-5H,2-3H2,1H3. The number of ether oxygens (including phenoxy) is 1. The molecule has 5 heteroatoms. The molecule has 1 aliphatic rings. The third kappa shape index (κ3) is 1.78. The first-order chi connectivity index (χ1) is 5.11. The number of rotatable bonds is 2. The van der Waals surface area contributed by atoms with Gasteiger partial charge in [-0.2, -0.15) is 0 Å². The molecule has 64 valence electrons. The van der Waals surface area contributed by atoms with E-state index in [9.17, 15) is 13.6 Å². The molecule has 0 spiro atoms. The lowest BCUT2D eigenvalue weighted by atomic mass is 10.2. The predicted octanol–water partition coefficient (Wildman–Crippen LogP) is 1.09. The number of amides is 1. The van der Waals surface area contributed by atoms with E-state index >= 15 is 0 Å². The Morgan fingerprint density at radius 1 is 1.82 bits per heavy atom. The Morgan fingerprint density at radius 2 is 2.45 bits per heavy atom. The number of halogens is 2. The molecule has 0 aromatic rings. The number of carbonyl (C=O) groups is 1. The zero-order valence-electron chi connectivity index (χ0n) is 6.09. The number of cyclic esters (lactones) is 1. The quantitative estimate of drug-likeness (QED) is 0.613. The highest BCUT2D eigenvalue weighted by atomic mass is 19.3. The summed E-state index contributed by atoms with van der Waals surface area (Å²) in [7, 11) is 1.46. The monoisotopic (exact) mass is 165 g/mol. The normalized spacial score (nSPS) is 24.5. The molecule has 1 unspecified atom stereocenters. The van der Waals surface area contributed by atoms with Crippen molar-refractivity contribution >= 4 is 6.09 Å². The third-order valence-corrected chi connectivity index (χ3v) is 1.69. The second-order valence-electron chi connectivity index (χ2n) is 2.47. The van der Waals surface area contributed by atoms with Gasteiger partial charge in [0, 0.05) is 13.5 Å². The van der Waals surface area contributed by atoms with E-state index < -0.39 is 18.6 Å². The lowest BCUT2D eigenvalue weighted by Crippen LogP contribution is -2.30. The Balaban J connectivity index is 2.42. The molecule has 0 aromatic heterocycles. The zero-order valence-corrected chi connectivity index (χ0v) is 6.09. The minimum absolute atomic E-state index is 0.0830. The fourth-order valence-electron chi connectivity index (χ4n) is 0.962. The summed E-state index contributed by atoms with van der Waals surface area (Å²) in [6.07, 6.45) is -3.20. The largest absolute Gasteiger partial charge is 0.447 e. The summed E-state index contributed by atoms with van der Waals surface area (Å²) in [6, 6.07) is -0.456. The second kappa shape index (κ2) is 3.02. The molecule has 0 aliphatic carbocycles. The lowest BCUT2D eigenvalue weighted by Gasteiger charge is -2.14. The molecule has 0 N–H and O–H groups in total. The van der Waals surface area contributed by atoms with Gasteiger partial charge in [0.2, 0.25) is 6.43 Å². The topological polar surface area (TPSA) is 29.5 Å². The Morgan fingerprint density at radius 3 is 2.82 bits per heavy atom. The van der Waals surface area contributed by atoms with Crippen LogP contribution in [0.3, 0.4) is 0 Å². The molecule has 11 heavy (non-hydrogen) atoms. The van der Waals surface area contributed by atoms with Gasteiger partial charge in [0.15, 0.2) is 0 Å². The van der Waals surface area contributed by atoms with Crippen LogP contribution in [0.2, 0.25) is 0 Å². The molecule has 1 rings (SSSR count). The Kier molecular flexibility index (Phi) is 2.26. The summed E-state index contributed by atoms with van der Waals surface area (Å²) in [5, 5.41) is 0. The second-order valence-corrected chi connectivity index (χ2v) is 2.47. The van der Waals surface area contributed by atoms with Gasteiger partial charge in [-0.1, -0.05) is 0 Å². The molecule has 1 fully saturated rings. The van der Waals surface area contributed by atoms with Crippen molar-refractivity contribution in [2.75, 3.05) is 13.7 Å². The van der Waals surface area contributed by atoms with Crippen LogP contribution in [-0.2, 0) is 4.74 Å². The van der Waals surface area contributed by atoms with Gasteiger partial charge in [0.1, 0.15) is 6.61 Å². The Bertz CT molecular complexity index is 163. The maximum atomic E-state index is 11.8. The van der Waals surface area contributed by atoms with Crippen LogP contribution in [0.25, 0.3) is 0 Å². The predicted molar refractivity (Wildman–Crippen MR) is 33.5 cm³/mol. The van der Waals surface area contributed by atoms with Crippen LogP contribution < -0.4 is 0 Å². The molecular weight excluding hydrogens is 156 g/mol. The summed E-state index contributed by atoms with van der Waals surface area (Å²) < 4.78 is 28.1. The van der Waals surface area contributed by atoms with Crippen molar-refractivity contribution in [1.29, 1.82) is 0 Å². The van der Waals surface area contributed by atoms with Crippen molar-refractivity contribution in [3.05, 3.63) is 0 Å². The summed E-state index contributed by atoms with van der Waals surface area (Å²) in [6.45, 7) is 0.0830. The molecular formula is C6H9F2NO2. The molecule has 0 saturated carbocycles. The maximum absolute atomic E-state index is 11.8. The minimum Gasteiger partial charge on any atom is -0.447 e. The van der Waals surface area contributed by atoms with E-state index in [1.807, 2.05) is 0 Å². The molecule has 1 saturated heterocycles. The van der Waals surface area contributed by atoms with E-state index in [1.54, 1.807) is 0 Å². The van der Waals surface area contributed by atoms with Crippen molar-refractivity contribution in [2.24, 2.45) is 0 Å². The highest BCUT2D eigenvalue weighted by molar-refractivity contribution is 5.69. The van der Waals surface area contributed by atoms with Crippen LogP contribution in [0.5, 0.6) is 0 Å². The summed E-state index contributed by atoms with van der Waals surface area (Å²) in [5.74, 6) is 0. The number of nitrogens with zero attached hydrogens (tertiary/aromatic N) is 1. The van der Waals surface area contributed by atoms with Crippen LogP contribution in [-0.4, -0.2) is 37.1 Å². The van der Waals surface area contributed by atoms with Gasteiger partial charge in [0.05, 0.1) is 6.04 Å². The van der Waals surface area contributed by atoms with Gasteiger partial charge in [-0.15, -0.1) is 0 Å². The van der Waals surface area contributed by atoms with Crippen molar-refractivity contribution in [2.45, 2.75) is 18.9 Å². The van der Waals surface area contributed by atoms with Crippen LogP contribution in [0.4, 0.5) is 13.6 Å². The van der Waals surface area contributed by atoms with Gasteiger partial charge in [-0.05, 0) is 0 Å². The number of hydrogen-bond donors (Lipinski definition) is 0. The van der Waals surface area contributed by atoms with Crippen LogP contribution in [0.15, 0.2) is 0 Å². The smallest absolute Gasteiger partial charge is 0.409 e. The van der Waals surface area contributed by atoms with E-state index in [1.165, 1.54) is 11.9 Å². The summed E-state index contributed by atoms with van der Waals surface area (Å²) in [4.78, 5) is 11.8. The highest BCUT2D eigenvalue weighted by Gasteiger charge is 2.31. The SMILES string of the molecule is CN1C(=O)OCC1CC(F)F. The third-order valence-electron chi connectivity index (χ3n) is 1.69. The molecule has 1 amide bonds. The molecule has 0 aromatic carbocycles. The van der Waals surface area contributed by atoms with Crippen molar-refractivity contribution in [3.63, 3.8) is 0 Å². The molecule has 0 bridgehead atoms. The van der Waals surface area contributed by atoms with Gasteiger partial charge in [-0.25, -0.2) is 13.6 Å². The first-order valence-corrected chi connectivity index (χ1v) is 3.29. The van der Waals surface area contributed by atoms with Gasteiger partial charge >= 0.3 is 6.09 Å². The number of carbonyl (C=O) groups excluding carboxylic acids is 1. The van der Waals surface area contributed by atoms with E-state index in [0.717, 1.165) is 0 Å². The summed E-state index contributed by atoms with van der Waals surface area (Å²) >= 11 is 0. The van der Waals surface area contributed by atoms with E-state index in [-0.39, 0.29) is 13.0 Å². The van der Waals surface area contributed by atoms with Crippen LogP contribution >= 0.6 is 0 Å². The zero-order chi connectivity index (χ0) is 8.43. The molecule has 0 radical (unpaired) electrons. The van der Waals surface area contributed by atoms with Crippen molar-refractivity contribution in [1.82, 2.24) is 4.90 Å². The average molecular weight is 165 g/mol. The van der Waals surface area contributed by atoms with E-state index in [2.05, 4.69) is 4.74 Å². The molecule has 1 aliphatic heterocycles. The fourth-order valence-corrected chi connectivity index (χ4v) is 0.962.